The van der Waals surface area contributed by atoms with Crippen molar-refractivity contribution in [3.8, 4) is 0 Å². The summed E-state index contributed by atoms with van der Waals surface area (Å²) in [6.07, 6.45) is -6.73. The molecule has 8 heteroatoms. The molecule has 0 fully saturated rings. The number of rotatable bonds is 5. The van der Waals surface area contributed by atoms with E-state index in [-0.39, 0.29) is 12.0 Å². The van der Waals surface area contributed by atoms with Gasteiger partial charge in [-0.2, -0.15) is 13.2 Å². The van der Waals surface area contributed by atoms with Crippen LogP contribution in [0.15, 0.2) is 24.3 Å². The maximum atomic E-state index is 13.8. The van der Waals surface area contributed by atoms with E-state index < -0.39 is 35.8 Å². The van der Waals surface area contributed by atoms with Crippen molar-refractivity contribution in [2.24, 2.45) is 0 Å². The zero-order chi connectivity index (χ0) is 16.2. The number of amides is 1. The highest BCUT2D eigenvalue weighted by Gasteiger charge is 2.31. The van der Waals surface area contributed by atoms with Gasteiger partial charge in [0.1, 0.15) is 6.04 Å². The molecule has 0 bridgehead atoms. The first-order chi connectivity index (χ1) is 9.66. The molecule has 0 aliphatic rings. The van der Waals surface area contributed by atoms with E-state index in [0.29, 0.717) is 12.1 Å². The predicted octanol–water partition coefficient (Wildman–Crippen LogP) is 2.70. The molecule has 0 aliphatic carbocycles. The van der Waals surface area contributed by atoms with Gasteiger partial charge in [-0.1, -0.05) is 19.1 Å². The Bertz CT molecular complexity index is 513. The van der Waals surface area contributed by atoms with E-state index in [9.17, 15) is 27.2 Å². The molecule has 0 aliphatic heterocycles. The molecule has 1 aromatic carbocycles. The maximum absolute atomic E-state index is 13.8. The molecule has 1 amide bonds. The molecule has 21 heavy (non-hydrogen) atoms. The van der Waals surface area contributed by atoms with Crippen LogP contribution in [-0.4, -0.2) is 23.0 Å². The van der Waals surface area contributed by atoms with Crippen LogP contribution in [0, 0.1) is 0 Å². The number of carboxylic acids is 1. The van der Waals surface area contributed by atoms with Gasteiger partial charge in [0.05, 0.1) is 5.56 Å². The van der Waals surface area contributed by atoms with Crippen molar-refractivity contribution in [2.45, 2.75) is 31.7 Å². The van der Waals surface area contributed by atoms with Crippen LogP contribution in [0.25, 0.3) is 0 Å². The molecular formula is C13H13F4NO3. The normalized spacial score (nSPS) is 14.3. The molecule has 0 saturated heterocycles. The summed E-state index contributed by atoms with van der Waals surface area (Å²) in [5.74, 6) is -2.52. The lowest BCUT2D eigenvalue weighted by Crippen LogP contribution is -2.41. The molecule has 2 atom stereocenters. The van der Waals surface area contributed by atoms with Crippen molar-refractivity contribution in [3.63, 3.8) is 0 Å². The van der Waals surface area contributed by atoms with Gasteiger partial charge in [-0.05, 0) is 24.1 Å². The highest BCUT2D eigenvalue weighted by atomic mass is 19.4. The van der Waals surface area contributed by atoms with E-state index in [2.05, 4.69) is 0 Å². The number of alkyl halides is 4. The number of carboxylic acid groups (broad SMARTS) is 1. The Morgan fingerprint density at radius 3 is 2.14 bits per heavy atom. The van der Waals surface area contributed by atoms with Gasteiger partial charge in [-0.15, -0.1) is 0 Å². The fourth-order valence-electron chi connectivity index (χ4n) is 1.58. The molecule has 1 rings (SSSR count). The summed E-state index contributed by atoms with van der Waals surface area (Å²) in [5.41, 5.74) is -1.24. The summed E-state index contributed by atoms with van der Waals surface area (Å²) in [4.78, 5) is 22.2. The van der Waals surface area contributed by atoms with Crippen LogP contribution in [0.1, 0.15) is 30.6 Å². The number of carbonyl (C=O) groups is 2. The minimum atomic E-state index is -4.55. The van der Waals surface area contributed by atoms with Gasteiger partial charge in [0.2, 0.25) is 6.17 Å². The highest BCUT2D eigenvalue weighted by molar-refractivity contribution is 5.87. The van der Waals surface area contributed by atoms with Gasteiger partial charge in [0.25, 0.3) is 5.91 Å². The van der Waals surface area contributed by atoms with E-state index in [0.717, 1.165) is 12.1 Å². The Kier molecular flexibility index (Phi) is 5.28. The average molecular weight is 307 g/mol. The van der Waals surface area contributed by atoms with Crippen molar-refractivity contribution in [2.75, 3.05) is 0 Å². The minimum Gasteiger partial charge on any atom is -0.480 e. The van der Waals surface area contributed by atoms with Crippen molar-refractivity contribution in [1.29, 1.82) is 0 Å². The van der Waals surface area contributed by atoms with Gasteiger partial charge in [0.15, 0.2) is 0 Å². The number of halogens is 4. The van der Waals surface area contributed by atoms with Crippen LogP contribution in [0.3, 0.4) is 0 Å². The Balaban J connectivity index is 2.81. The van der Waals surface area contributed by atoms with Gasteiger partial charge in [0, 0.05) is 0 Å². The number of hydrogen-bond acceptors (Lipinski definition) is 2. The molecule has 2 unspecified atom stereocenters. The largest absolute Gasteiger partial charge is 0.480 e. The lowest BCUT2D eigenvalue weighted by molar-refractivity contribution is -0.142. The van der Waals surface area contributed by atoms with E-state index in [4.69, 9.17) is 5.11 Å². The van der Waals surface area contributed by atoms with Crippen LogP contribution >= 0.6 is 0 Å². The van der Waals surface area contributed by atoms with Crippen LogP contribution < -0.4 is 5.32 Å². The van der Waals surface area contributed by atoms with Gasteiger partial charge >= 0.3 is 12.1 Å². The highest BCUT2D eigenvalue weighted by Crippen LogP contribution is 2.30. The summed E-state index contributed by atoms with van der Waals surface area (Å²) in [5, 5.41) is 10.7. The molecule has 0 saturated carbocycles. The maximum Gasteiger partial charge on any atom is 0.416 e. The topological polar surface area (TPSA) is 66.4 Å². The second kappa shape index (κ2) is 6.55. The first kappa shape index (κ1) is 16.9. The first-order valence-electron chi connectivity index (χ1n) is 6.01. The zero-order valence-electron chi connectivity index (χ0n) is 10.9. The van der Waals surface area contributed by atoms with Crippen LogP contribution in [-0.2, 0) is 15.8 Å². The lowest BCUT2D eigenvalue weighted by atomic mass is 10.1. The number of aliphatic carboxylic acids is 1. The van der Waals surface area contributed by atoms with Gasteiger partial charge in [-0.25, -0.2) is 9.18 Å². The molecule has 2 N–H and O–H groups in total. The Labute approximate surface area is 117 Å². The number of benzene rings is 1. The fourth-order valence-corrected chi connectivity index (χ4v) is 1.58. The second-order valence-electron chi connectivity index (χ2n) is 4.29. The third-order valence-corrected chi connectivity index (χ3v) is 2.78. The standard InChI is InChI=1S/C13H13F4NO3/c1-2-9(12(20)21)18-11(19)10(14)7-3-5-8(6-4-7)13(15,16)17/h3-6,9-10H,2H2,1H3,(H,18,19)(H,20,21). The van der Waals surface area contributed by atoms with Crippen LogP contribution in [0.2, 0.25) is 0 Å². The van der Waals surface area contributed by atoms with E-state index in [1.807, 2.05) is 5.32 Å². The molecule has 0 radical (unpaired) electrons. The second-order valence-corrected chi connectivity index (χ2v) is 4.29. The van der Waals surface area contributed by atoms with Crippen LogP contribution in [0.5, 0.6) is 0 Å². The average Bonchev–Trinajstić information content (AvgIpc) is 2.42. The summed E-state index contributed by atoms with van der Waals surface area (Å²) in [7, 11) is 0. The molecule has 0 aromatic heterocycles. The van der Waals surface area contributed by atoms with Crippen molar-refractivity contribution >= 4 is 11.9 Å². The summed E-state index contributed by atoms with van der Waals surface area (Å²) < 4.78 is 50.9. The number of nitrogens with one attached hydrogen (secondary N) is 1. The summed E-state index contributed by atoms with van der Waals surface area (Å²) in [6, 6.07) is 1.75. The van der Waals surface area contributed by atoms with Crippen LogP contribution in [0.4, 0.5) is 17.6 Å². The zero-order valence-corrected chi connectivity index (χ0v) is 10.9. The number of carbonyl (C=O) groups excluding carboxylic acids is 1. The summed E-state index contributed by atoms with van der Waals surface area (Å²) >= 11 is 0. The number of hydrogen-bond donors (Lipinski definition) is 2. The van der Waals surface area contributed by atoms with Crippen molar-refractivity contribution < 1.29 is 32.3 Å². The molecule has 0 spiro atoms. The predicted molar refractivity (Wildman–Crippen MR) is 65.2 cm³/mol. The third-order valence-electron chi connectivity index (χ3n) is 2.78. The molecule has 0 heterocycles. The third kappa shape index (κ3) is 4.44. The fraction of sp³-hybridized carbons (Fsp3) is 0.385. The Morgan fingerprint density at radius 2 is 1.76 bits per heavy atom. The summed E-state index contributed by atoms with van der Waals surface area (Å²) in [6.45, 7) is 1.49. The van der Waals surface area contributed by atoms with E-state index in [1.165, 1.54) is 6.92 Å². The van der Waals surface area contributed by atoms with E-state index >= 15 is 0 Å². The lowest BCUT2D eigenvalue weighted by Gasteiger charge is -2.15. The molecule has 116 valence electrons. The Hall–Kier alpha value is -2.12. The van der Waals surface area contributed by atoms with Crippen molar-refractivity contribution in [3.05, 3.63) is 35.4 Å². The minimum absolute atomic E-state index is 0.0564. The molecule has 1 aromatic rings. The van der Waals surface area contributed by atoms with E-state index in [1.54, 1.807) is 0 Å². The molecule has 4 nitrogen and oxygen atoms in total. The van der Waals surface area contributed by atoms with Gasteiger partial charge in [-0.3, -0.25) is 4.79 Å². The first-order valence-corrected chi connectivity index (χ1v) is 6.01. The Morgan fingerprint density at radius 1 is 1.24 bits per heavy atom. The quantitative estimate of drug-likeness (QED) is 0.822. The molecular weight excluding hydrogens is 294 g/mol. The monoisotopic (exact) mass is 307 g/mol. The smallest absolute Gasteiger partial charge is 0.416 e. The SMILES string of the molecule is CCC(NC(=O)C(F)c1ccc(C(F)(F)F)cc1)C(=O)O. The van der Waals surface area contributed by atoms with Gasteiger partial charge < -0.3 is 10.4 Å². The van der Waals surface area contributed by atoms with Crippen molar-refractivity contribution in [1.82, 2.24) is 5.32 Å².